The summed E-state index contributed by atoms with van der Waals surface area (Å²) in [7, 11) is 4.09. The van der Waals surface area contributed by atoms with E-state index in [1.54, 1.807) is 6.08 Å². The fourth-order valence-electron chi connectivity index (χ4n) is 2.92. The third-order valence-corrected chi connectivity index (χ3v) is 4.49. The Morgan fingerprint density at radius 2 is 1.58 bits per heavy atom. The minimum atomic E-state index is 0.0408. The number of carbonyl (C=O) groups is 1. The van der Waals surface area contributed by atoms with Gasteiger partial charge in [0.05, 0.1) is 0 Å². The molecule has 3 nitrogen and oxygen atoms in total. The predicted octanol–water partition coefficient (Wildman–Crippen LogP) is 4.49. The maximum atomic E-state index is 12.5. The topological polar surface area (TPSA) is 23.6 Å². The number of carbonyl (C=O) groups excluding carboxylic acids is 1. The van der Waals surface area contributed by atoms with Crippen LogP contribution in [0.1, 0.15) is 40.9 Å². The van der Waals surface area contributed by atoms with Crippen LogP contribution < -0.4 is 0 Å². The van der Waals surface area contributed by atoms with Crippen LogP contribution in [0.25, 0.3) is 6.08 Å². The molecule has 0 bridgehead atoms. The van der Waals surface area contributed by atoms with Gasteiger partial charge in [0, 0.05) is 18.7 Å². The molecule has 0 heterocycles. The summed E-state index contributed by atoms with van der Waals surface area (Å²) in [6.07, 6.45) is 3.60. The van der Waals surface area contributed by atoms with E-state index in [9.17, 15) is 4.79 Å². The molecule has 0 atom stereocenters. The maximum Gasteiger partial charge on any atom is 0.185 e. The molecule has 0 fully saturated rings. The van der Waals surface area contributed by atoms with Crippen molar-refractivity contribution in [2.45, 2.75) is 26.9 Å². The highest BCUT2D eigenvalue weighted by Gasteiger charge is 2.05. The Labute approximate surface area is 157 Å². The maximum absolute atomic E-state index is 12.5. The zero-order chi connectivity index (χ0) is 18.9. The standard InChI is InChI=1S/C23H30N2O/c1-5-25(6-2)17-19-11-13-21(14-12-19)23(26)16-15-20-9-7-8-10-22(20)18-24(3)4/h7-16H,5-6,17-18H2,1-4H3. The van der Waals surface area contributed by atoms with Gasteiger partial charge >= 0.3 is 0 Å². The second kappa shape index (κ2) is 10.0. The summed E-state index contributed by atoms with van der Waals surface area (Å²) >= 11 is 0. The molecular weight excluding hydrogens is 320 g/mol. The van der Waals surface area contributed by atoms with Crippen molar-refractivity contribution in [3.8, 4) is 0 Å². The molecule has 0 aliphatic carbocycles. The van der Waals surface area contributed by atoms with Gasteiger partial charge < -0.3 is 4.90 Å². The van der Waals surface area contributed by atoms with Crippen molar-refractivity contribution in [3.05, 3.63) is 76.9 Å². The molecule has 0 aromatic heterocycles. The second-order valence-corrected chi connectivity index (χ2v) is 6.79. The fourth-order valence-corrected chi connectivity index (χ4v) is 2.92. The summed E-state index contributed by atoms with van der Waals surface area (Å²) in [5.74, 6) is 0.0408. The minimum absolute atomic E-state index is 0.0408. The van der Waals surface area contributed by atoms with Crippen molar-refractivity contribution in [2.75, 3.05) is 27.2 Å². The van der Waals surface area contributed by atoms with Crippen molar-refractivity contribution >= 4 is 11.9 Å². The summed E-state index contributed by atoms with van der Waals surface area (Å²) in [5.41, 5.74) is 4.28. The normalized spacial score (nSPS) is 11.6. The SMILES string of the molecule is CCN(CC)Cc1ccc(C(=O)C=Cc2ccccc2CN(C)C)cc1. The molecule has 2 rings (SSSR count). The lowest BCUT2D eigenvalue weighted by atomic mass is 10.0. The molecule has 0 aliphatic heterocycles. The third kappa shape index (κ3) is 5.94. The number of nitrogens with zero attached hydrogens (tertiary/aromatic N) is 2. The van der Waals surface area contributed by atoms with E-state index in [1.165, 1.54) is 11.1 Å². The Balaban J connectivity index is 2.07. The minimum Gasteiger partial charge on any atom is -0.305 e. The molecule has 0 N–H and O–H groups in total. The van der Waals surface area contributed by atoms with E-state index in [2.05, 4.69) is 47.9 Å². The summed E-state index contributed by atoms with van der Waals surface area (Å²) in [4.78, 5) is 17.0. The monoisotopic (exact) mass is 350 g/mol. The highest BCUT2D eigenvalue weighted by molar-refractivity contribution is 6.06. The number of hydrogen-bond donors (Lipinski definition) is 0. The van der Waals surface area contributed by atoms with Crippen molar-refractivity contribution in [1.29, 1.82) is 0 Å². The lowest BCUT2D eigenvalue weighted by Crippen LogP contribution is -2.22. The Hall–Kier alpha value is -2.23. The van der Waals surface area contributed by atoms with E-state index in [1.807, 2.05) is 44.4 Å². The first-order valence-corrected chi connectivity index (χ1v) is 9.29. The van der Waals surface area contributed by atoms with Gasteiger partial charge in [-0.05, 0) is 50.0 Å². The Kier molecular flexibility index (Phi) is 7.76. The molecule has 0 saturated heterocycles. The van der Waals surface area contributed by atoms with Crippen LogP contribution in [0, 0.1) is 0 Å². The van der Waals surface area contributed by atoms with Gasteiger partial charge in [-0.1, -0.05) is 68.5 Å². The lowest BCUT2D eigenvalue weighted by Gasteiger charge is -2.17. The molecule has 0 aliphatic rings. The van der Waals surface area contributed by atoms with Crippen LogP contribution in [-0.2, 0) is 13.1 Å². The molecule has 0 amide bonds. The van der Waals surface area contributed by atoms with Crippen LogP contribution in [0.3, 0.4) is 0 Å². The summed E-state index contributed by atoms with van der Waals surface area (Å²) in [6, 6.07) is 16.2. The van der Waals surface area contributed by atoms with Gasteiger partial charge in [-0.2, -0.15) is 0 Å². The van der Waals surface area contributed by atoms with E-state index in [4.69, 9.17) is 0 Å². The fraction of sp³-hybridized carbons (Fsp3) is 0.348. The largest absolute Gasteiger partial charge is 0.305 e. The summed E-state index contributed by atoms with van der Waals surface area (Å²) in [6.45, 7) is 8.18. The third-order valence-electron chi connectivity index (χ3n) is 4.49. The van der Waals surface area contributed by atoms with E-state index in [-0.39, 0.29) is 5.78 Å². The van der Waals surface area contributed by atoms with Gasteiger partial charge in [0.1, 0.15) is 0 Å². The molecule has 26 heavy (non-hydrogen) atoms. The second-order valence-electron chi connectivity index (χ2n) is 6.79. The molecule has 138 valence electrons. The summed E-state index contributed by atoms with van der Waals surface area (Å²) in [5, 5.41) is 0. The summed E-state index contributed by atoms with van der Waals surface area (Å²) < 4.78 is 0. The van der Waals surface area contributed by atoms with E-state index in [0.717, 1.165) is 37.3 Å². The molecule has 0 unspecified atom stereocenters. The van der Waals surface area contributed by atoms with Crippen molar-refractivity contribution in [1.82, 2.24) is 9.80 Å². The quantitative estimate of drug-likeness (QED) is 0.492. The predicted molar refractivity (Wildman–Crippen MR) is 110 cm³/mol. The van der Waals surface area contributed by atoms with Crippen LogP contribution in [0.15, 0.2) is 54.6 Å². The van der Waals surface area contributed by atoms with E-state index in [0.29, 0.717) is 0 Å². The van der Waals surface area contributed by atoms with E-state index >= 15 is 0 Å². The lowest BCUT2D eigenvalue weighted by molar-refractivity contribution is 0.104. The van der Waals surface area contributed by atoms with E-state index < -0.39 is 0 Å². The van der Waals surface area contributed by atoms with Gasteiger partial charge in [0.15, 0.2) is 5.78 Å². The van der Waals surface area contributed by atoms with Gasteiger partial charge in [0.25, 0.3) is 0 Å². The molecule has 0 radical (unpaired) electrons. The highest BCUT2D eigenvalue weighted by Crippen LogP contribution is 2.14. The highest BCUT2D eigenvalue weighted by atomic mass is 16.1. The Bertz CT molecular complexity index is 728. The van der Waals surface area contributed by atoms with Crippen molar-refractivity contribution < 1.29 is 4.79 Å². The Morgan fingerprint density at radius 3 is 2.19 bits per heavy atom. The molecule has 2 aromatic rings. The van der Waals surface area contributed by atoms with Gasteiger partial charge in [-0.25, -0.2) is 0 Å². The molecular formula is C23H30N2O. The van der Waals surface area contributed by atoms with Crippen LogP contribution in [0.5, 0.6) is 0 Å². The average Bonchev–Trinajstić information content (AvgIpc) is 2.65. The number of benzene rings is 2. The zero-order valence-electron chi connectivity index (χ0n) is 16.4. The molecule has 3 heteroatoms. The first kappa shape index (κ1) is 20.1. The van der Waals surface area contributed by atoms with Crippen molar-refractivity contribution in [3.63, 3.8) is 0 Å². The number of allylic oxidation sites excluding steroid dienone is 1. The van der Waals surface area contributed by atoms with Gasteiger partial charge in [-0.3, -0.25) is 9.69 Å². The van der Waals surface area contributed by atoms with Crippen LogP contribution >= 0.6 is 0 Å². The first-order chi connectivity index (χ1) is 12.5. The molecule has 0 saturated carbocycles. The molecule has 0 spiro atoms. The number of rotatable bonds is 9. The number of ketones is 1. The van der Waals surface area contributed by atoms with Gasteiger partial charge in [0.2, 0.25) is 0 Å². The smallest absolute Gasteiger partial charge is 0.185 e. The van der Waals surface area contributed by atoms with Crippen LogP contribution in [0.2, 0.25) is 0 Å². The van der Waals surface area contributed by atoms with Crippen LogP contribution in [0.4, 0.5) is 0 Å². The Morgan fingerprint density at radius 1 is 0.923 bits per heavy atom. The zero-order valence-corrected chi connectivity index (χ0v) is 16.4. The van der Waals surface area contributed by atoms with Crippen LogP contribution in [-0.4, -0.2) is 42.8 Å². The van der Waals surface area contributed by atoms with Crippen molar-refractivity contribution in [2.24, 2.45) is 0 Å². The first-order valence-electron chi connectivity index (χ1n) is 9.29. The number of hydrogen-bond acceptors (Lipinski definition) is 3. The molecule has 2 aromatic carbocycles. The average molecular weight is 351 g/mol. The van der Waals surface area contributed by atoms with Gasteiger partial charge in [-0.15, -0.1) is 0 Å².